The molecular formula is C19H23NO5. The fraction of sp³-hybridized carbons (Fsp3) is 0.474. The van der Waals surface area contributed by atoms with Crippen molar-refractivity contribution in [1.82, 2.24) is 4.90 Å². The van der Waals surface area contributed by atoms with Crippen LogP contribution in [0.25, 0.3) is 6.08 Å². The van der Waals surface area contributed by atoms with E-state index in [9.17, 15) is 9.59 Å². The molecule has 0 saturated carbocycles. The third kappa shape index (κ3) is 4.75. The third-order valence-corrected chi connectivity index (χ3v) is 4.33. The Labute approximate surface area is 147 Å². The maximum absolute atomic E-state index is 12.1. The van der Waals surface area contributed by atoms with Gasteiger partial charge in [-0.05, 0) is 42.5 Å². The molecule has 1 aromatic carbocycles. The molecule has 0 N–H and O–H groups in total. The lowest BCUT2D eigenvalue weighted by Crippen LogP contribution is -2.41. The Morgan fingerprint density at radius 2 is 2.08 bits per heavy atom. The van der Waals surface area contributed by atoms with Gasteiger partial charge in [-0.3, -0.25) is 4.79 Å². The van der Waals surface area contributed by atoms with Crippen molar-refractivity contribution in [3.05, 3.63) is 29.8 Å². The molecule has 0 aliphatic carbocycles. The van der Waals surface area contributed by atoms with E-state index in [0.29, 0.717) is 30.6 Å². The quantitative estimate of drug-likeness (QED) is 0.619. The molecule has 0 bridgehead atoms. The van der Waals surface area contributed by atoms with E-state index in [0.717, 1.165) is 31.5 Å². The number of likely N-dealkylation sites (tertiary alicyclic amines) is 1. The Balaban J connectivity index is 1.48. The normalized spacial score (nSPS) is 19.7. The molecule has 2 heterocycles. The SMILES string of the molecule is C[C@H]1CCCN(C(=O)COC(=O)/C=C/c2ccc3c(c2)OCCO3)C1. The first-order valence-electron chi connectivity index (χ1n) is 8.64. The summed E-state index contributed by atoms with van der Waals surface area (Å²) in [5.41, 5.74) is 0.803. The molecule has 134 valence electrons. The summed E-state index contributed by atoms with van der Waals surface area (Å²) < 4.78 is 16.0. The largest absolute Gasteiger partial charge is 0.486 e. The second-order valence-corrected chi connectivity index (χ2v) is 6.43. The fourth-order valence-electron chi connectivity index (χ4n) is 3.02. The van der Waals surface area contributed by atoms with E-state index in [4.69, 9.17) is 14.2 Å². The van der Waals surface area contributed by atoms with Crippen molar-refractivity contribution in [2.45, 2.75) is 19.8 Å². The van der Waals surface area contributed by atoms with Gasteiger partial charge in [0.1, 0.15) is 13.2 Å². The summed E-state index contributed by atoms with van der Waals surface area (Å²) >= 11 is 0. The van der Waals surface area contributed by atoms with Crippen molar-refractivity contribution in [3.63, 3.8) is 0 Å². The van der Waals surface area contributed by atoms with Gasteiger partial charge < -0.3 is 19.1 Å². The van der Waals surface area contributed by atoms with Crippen molar-refractivity contribution in [1.29, 1.82) is 0 Å². The highest BCUT2D eigenvalue weighted by molar-refractivity contribution is 5.89. The van der Waals surface area contributed by atoms with Gasteiger partial charge in [0.05, 0.1) is 0 Å². The smallest absolute Gasteiger partial charge is 0.331 e. The topological polar surface area (TPSA) is 65.1 Å². The summed E-state index contributed by atoms with van der Waals surface area (Å²) in [6.07, 6.45) is 5.10. The lowest BCUT2D eigenvalue weighted by Gasteiger charge is -2.30. The summed E-state index contributed by atoms with van der Waals surface area (Å²) in [6, 6.07) is 5.44. The lowest BCUT2D eigenvalue weighted by atomic mass is 10.0. The monoisotopic (exact) mass is 345 g/mol. The number of ether oxygens (including phenoxy) is 3. The lowest BCUT2D eigenvalue weighted by molar-refractivity contribution is -0.149. The van der Waals surface area contributed by atoms with Gasteiger partial charge in [-0.2, -0.15) is 0 Å². The predicted octanol–water partition coefficient (Wildman–Crippen LogP) is 2.27. The summed E-state index contributed by atoms with van der Waals surface area (Å²) in [6.45, 7) is 4.45. The molecule has 3 rings (SSSR count). The molecule has 0 unspecified atom stereocenters. The Morgan fingerprint density at radius 1 is 1.28 bits per heavy atom. The minimum atomic E-state index is -0.534. The standard InChI is InChI=1S/C19H23NO5/c1-14-3-2-8-20(12-14)18(21)13-25-19(22)7-5-15-4-6-16-17(11-15)24-10-9-23-16/h4-7,11,14H,2-3,8-10,12-13H2,1H3/b7-5+/t14-/m0/s1. The molecule has 25 heavy (non-hydrogen) atoms. The van der Waals surface area contributed by atoms with E-state index in [1.807, 2.05) is 6.07 Å². The summed E-state index contributed by atoms with van der Waals surface area (Å²) in [7, 11) is 0. The molecule has 2 aliphatic rings. The van der Waals surface area contributed by atoms with Gasteiger partial charge in [0.2, 0.25) is 0 Å². The van der Waals surface area contributed by atoms with Crippen LogP contribution in [0.5, 0.6) is 11.5 Å². The maximum Gasteiger partial charge on any atom is 0.331 e. The van der Waals surface area contributed by atoms with E-state index in [1.165, 1.54) is 6.08 Å². The van der Waals surface area contributed by atoms with Crippen LogP contribution in [0.4, 0.5) is 0 Å². The average Bonchev–Trinajstić information content (AvgIpc) is 2.64. The van der Waals surface area contributed by atoms with Gasteiger partial charge in [0.25, 0.3) is 5.91 Å². The van der Waals surface area contributed by atoms with Crippen LogP contribution in [0, 0.1) is 5.92 Å². The molecule has 1 aromatic rings. The van der Waals surface area contributed by atoms with Crippen LogP contribution in [-0.2, 0) is 14.3 Å². The third-order valence-electron chi connectivity index (χ3n) is 4.33. The molecule has 1 fully saturated rings. The molecule has 6 heteroatoms. The fourth-order valence-corrected chi connectivity index (χ4v) is 3.02. The highest BCUT2D eigenvalue weighted by Gasteiger charge is 2.21. The van der Waals surface area contributed by atoms with Crippen molar-refractivity contribution < 1.29 is 23.8 Å². The van der Waals surface area contributed by atoms with E-state index >= 15 is 0 Å². The molecule has 2 aliphatic heterocycles. The number of esters is 1. The molecule has 0 aromatic heterocycles. The number of piperidine rings is 1. The number of carbonyl (C=O) groups is 2. The molecule has 0 radical (unpaired) electrons. The second-order valence-electron chi connectivity index (χ2n) is 6.43. The Kier molecular flexibility index (Phi) is 5.58. The first kappa shape index (κ1) is 17.3. The molecule has 1 atom stereocenters. The average molecular weight is 345 g/mol. The van der Waals surface area contributed by atoms with Gasteiger partial charge >= 0.3 is 5.97 Å². The number of hydrogen-bond acceptors (Lipinski definition) is 5. The van der Waals surface area contributed by atoms with Gasteiger partial charge in [0, 0.05) is 19.2 Å². The number of carbonyl (C=O) groups excluding carboxylic acids is 2. The van der Waals surface area contributed by atoms with Gasteiger partial charge in [-0.1, -0.05) is 13.0 Å². The number of hydrogen-bond donors (Lipinski definition) is 0. The minimum Gasteiger partial charge on any atom is -0.486 e. The van der Waals surface area contributed by atoms with Crippen LogP contribution in [0.1, 0.15) is 25.3 Å². The summed E-state index contributed by atoms with van der Waals surface area (Å²) in [4.78, 5) is 25.7. The molecular weight excluding hydrogens is 322 g/mol. The number of nitrogens with zero attached hydrogens (tertiary/aromatic N) is 1. The minimum absolute atomic E-state index is 0.132. The highest BCUT2D eigenvalue weighted by Crippen LogP contribution is 2.31. The number of rotatable bonds is 4. The number of fused-ring (bicyclic) bond motifs is 1. The zero-order chi connectivity index (χ0) is 17.6. The predicted molar refractivity (Wildman–Crippen MR) is 92.4 cm³/mol. The summed E-state index contributed by atoms with van der Waals surface area (Å²) in [5.74, 6) is 1.20. The van der Waals surface area contributed by atoms with Crippen LogP contribution in [0.3, 0.4) is 0 Å². The first-order chi connectivity index (χ1) is 12.1. The van der Waals surface area contributed by atoms with Gasteiger partial charge in [-0.25, -0.2) is 4.79 Å². The second kappa shape index (κ2) is 8.05. The zero-order valence-electron chi connectivity index (χ0n) is 14.4. The Hall–Kier alpha value is -2.50. The Morgan fingerprint density at radius 3 is 2.88 bits per heavy atom. The van der Waals surface area contributed by atoms with Gasteiger partial charge in [0.15, 0.2) is 18.1 Å². The van der Waals surface area contributed by atoms with Crippen molar-refractivity contribution in [2.24, 2.45) is 5.92 Å². The zero-order valence-corrected chi connectivity index (χ0v) is 14.4. The van der Waals surface area contributed by atoms with Crippen LogP contribution in [-0.4, -0.2) is 49.7 Å². The van der Waals surface area contributed by atoms with Crippen LogP contribution < -0.4 is 9.47 Å². The van der Waals surface area contributed by atoms with Crippen LogP contribution in [0.2, 0.25) is 0 Å². The van der Waals surface area contributed by atoms with E-state index < -0.39 is 5.97 Å². The number of amides is 1. The van der Waals surface area contributed by atoms with E-state index in [1.54, 1.807) is 23.1 Å². The molecule has 6 nitrogen and oxygen atoms in total. The van der Waals surface area contributed by atoms with E-state index in [2.05, 4.69) is 6.92 Å². The van der Waals surface area contributed by atoms with Gasteiger partial charge in [-0.15, -0.1) is 0 Å². The van der Waals surface area contributed by atoms with Crippen molar-refractivity contribution in [3.8, 4) is 11.5 Å². The molecule has 1 saturated heterocycles. The van der Waals surface area contributed by atoms with E-state index in [-0.39, 0.29) is 12.5 Å². The summed E-state index contributed by atoms with van der Waals surface area (Å²) in [5, 5.41) is 0. The maximum atomic E-state index is 12.1. The highest BCUT2D eigenvalue weighted by atomic mass is 16.6. The van der Waals surface area contributed by atoms with Crippen LogP contribution >= 0.6 is 0 Å². The van der Waals surface area contributed by atoms with Crippen LogP contribution in [0.15, 0.2) is 24.3 Å². The molecule has 0 spiro atoms. The Bertz CT molecular complexity index is 670. The van der Waals surface area contributed by atoms with Crippen molar-refractivity contribution in [2.75, 3.05) is 32.9 Å². The van der Waals surface area contributed by atoms with Crippen molar-refractivity contribution >= 4 is 18.0 Å². The first-order valence-corrected chi connectivity index (χ1v) is 8.64. The molecule has 1 amide bonds. The number of benzene rings is 1.